The van der Waals surface area contributed by atoms with Crippen molar-refractivity contribution < 1.29 is 19.1 Å². The van der Waals surface area contributed by atoms with E-state index in [1.165, 1.54) is 0 Å². The Kier molecular flexibility index (Phi) is 7.12. The Hall–Kier alpha value is -2.44. The Morgan fingerprint density at radius 2 is 1.65 bits per heavy atom. The van der Waals surface area contributed by atoms with Gasteiger partial charge in [-0.1, -0.05) is 6.07 Å². The van der Waals surface area contributed by atoms with Gasteiger partial charge in [-0.2, -0.15) is 0 Å². The van der Waals surface area contributed by atoms with Crippen LogP contribution in [0.2, 0.25) is 0 Å². The quantitative estimate of drug-likeness (QED) is 0.842. The molecule has 1 heterocycles. The van der Waals surface area contributed by atoms with Gasteiger partial charge in [0.15, 0.2) is 0 Å². The molecule has 1 aromatic carbocycles. The van der Waals surface area contributed by atoms with Crippen molar-refractivity contribution in [2.75, 3.05) is 40.4 Å². The predicted molar refractivity (Wildman–Crippen MR) is 99.9 cm³/mol. The maximum Gasteiger partial charge on any atom is 0.317 e. The second kappa shape index (κ2) is 9.31. The van der Waals surface area contributed by atoms with E-state index < -0.39 is 0 Å². The van der Waals surface area contributed by atoms with E-state index in [9.17, 15) is 9.59 Å². The molecule has 1 fully saturated rings. The lowest BCUT2D eigenvalue weighted by molar-refractivity contribution is 0.0699. The zero-order valence-electron chi connectivity index (χ0n) is 16.1. The van der Waals surface area contributed by atoms with Gasteiger partial charge in [0.2, 0.25) is 0 Å². The molecule has 3 amide bonds. The average molecular weight is 363 g/mol. The summed E-state index contributed by atoms with van der Waals surface area (Å²) in [6.07, 6.45) is 1.46. The number of nitrogens with one attached hydrogen (secondary N) is 1. The van der Waals surface area contributed by atoms with Gasteiger partial charge in [-0.05, 0) is 38.8 Å². The summed E-state index contributed by atoms with van der Waals surface area (Å²) in [4.78, 5) is 28.7. The third-order valence-corrected chi connectivity index (χ3v) is 4.80. The van der Waals surface area contributed by atoms with E-state index in [4.69, 9.17) is 9.47 Å². The maximum atomic E-state index is 13.0. The molecular formula is C19H29N3O4. The van der Waals surface area contributed by atoms with Crippen molar-refractivity contribution in [2.45, 2.75) is 32.7 Å². The summed E-state index contributed by atoms with van der Waals surface area (Å²) in [5.41, 5.74) is 0.447. The molecule has 1 N–H and O–H groups in total. The molecule has 144 valence electrons. The first-order chi connectivity index (χ1) is 12.5. The summed E-state index contributed by atoms with van der Waals surface area (Å²) < 4.78 is 10.7. The number of nitrogens with zero attached hydrogens (tertiary/aromatic N) is 2. The lowest BCUT2D eigenvalue weighted by Gasteiger charge is -2.34. The number of methoxy groups -OCH3 is 2. The first-order valence-corrected chi connectivity index (χ1v) is 9.11. The van der Waals surface area contributed by atoms with E-state index in [1.807, 2.05) is 13.8 Å². The number of hydrogen-bond acceptors (Lipinski definition) is 4. The Morgan fingerprint density at radius 3 is 2.12 bits per heavy atom. The molecule has 2 rings (SSSR count). The second-order valence-electron chi connectivity index (χ2n) is 6.23. The predicted octanol–water partition coefficient (Wildman–Crippen LogP) is 2.36. The van der Waals surface area contributed by atoms with Crippen LogP contribution in [0.5, 0.6) is 11.5 Å². The van der Waals surface area contributed by atoms with Crippen LogP contribution in [0.3, 0.4) is 0 Å². The molecule has 7 nitrogen and oxygen atoms in total. The molecule has 26 heavy (non-hydrogen) atoms. The van der Waals surface area contributed by atoms with Crippen LogP contribution >= 0.6 is 0 Å². The number of ether oxygens (including phenoxy) is 2. The SMILES string of the molecule is CCN(CC)C(=O)NC1CCN(C(=O)c2c(OC)cccc2OC)CC1. The van der Waals surface area contributed by atoms with E-state index in [-0.39, 0.29) is 18.0 Å². The van der Waals surface area contributed by atoms with E-state index in [0.29, 0.717) is 43.2 Å². The third kappa shape index (κ3) is 4.39. The van der Waals surface area contributed by atoms with Crippen LogP contribution in [0.15, 0.2) is 18.2 Å². The summed E-state index contributed by atoms with van der Waals surface area (Å²) in [6.45, 7) is 6.48. The molecule has 0 spiro atoms. The molecule has 0 bridgehead atoms. The Balaban J connectivity index is 2.00. The number of piperidine rings is 1. The van der Waals surface area contributed by atoms with Gasteiger partial charge in [-0.15, -0.1) is 0 Å². The minimum Gasteiger partial charge on any atom is -0.496 e. The van der Waals surface area contributed by atoms with Crippen LogP contribution in [0.1, 0.15) is 37.0 Å². The van der Waals surface area contributed by atoms with Crippen LogP contribution in [0.25, 0.3) is 0 Å². The van der Waals surface area contributed by atoms with Gasteiger partial charge in [0.25, 0.3) is 5.91 Å². The molecule has 1 saturated heterocycles. The smallest absolute Gasteiger partial charge is 0.317 e. The zero-order chi connectivity index (χ0) is 19.1. The standard InChI is InChI=1S/C19H29N3O4/c1-5-21(6-2)19(24)20-14-10-12-22(13-11-14)18(23)17-15(25-3)8-7-9-16(17)26-4/h7-9,14H,5-6,10-13H2,1-4H3,(H,20,24). The van der Waals surface area contributed by atoms with Gasteiger partial charge in [-0.3, -0.25) is 4.79 Å². The van der Waals surface area contributed by atoms with Crippen LogP contribution < -0.4 is 14.8 Å². The molecule has 1 aliphatic rings. The average Bonchev–Trinajstić information content (AvgIpc) is 2.68. The van der Waals surface area contributed by atoms with Gasteiger partial charge < -0.3 is 24.6 Å². The van der Waals surface area contributed by atoms with E-state index >= 15 is 0 Å². The summed E-state index contributed by atoms with van der Waals surface area (Å²) in [6, 6.07) is 5.36. The molecule has 7 heteroatoms. The van der Waals surface area contributed by atoms with E-state index in [2.05, 4.69) is 5.32 Å². The molecule has 0 radical (unpaired) electrons. The summed E-state index contributed by atoms with van der Waals surface area (Å²) in [5, 5.41) is 3.06. The zero-order valence-corrected chi connectivity index (χ0v) is 16.1. The van der Waals surface area contributed by atoms with Crippen LogP contribution in [0.4, 0.5) is 4.79 Å². The molecule has 1 aliphatic heterocycles. The highest BCUT2D eigenvalue weighted by molar-refractivity contribution is 5.99. The highest BCUT2D eigenvalue weighted by Crippen LogP contribution is 2.30. The van der Waals surface area contributed by atoms with Gasteiger partial charge in [0.05, 0.1) is 14.2 Å². The van der Waals surface area contributed by atoms with Crippen molar-refractivity contribution in [2.24, 2.45) is 0 Å². The third-order valence-electron chi connectivity index (χ3n) is 4.80. The van der Waals surface area contributed by atoms with Crippen LogP contribution in [-0.2, 0) is 0 Å². The number of amides is 3. The lowest BCUT2D eigenvalue weighted by Crippen LogP contribution is -2.50. The molecule has 0 saturated carbocycles. The number of likely N-dealkylation sites (tertiary alicyclic amines) is 1. The van der Waals surface area contributed by atoms with Crippen molar-refractivity contribution >= 4 is 11.9 Å². The number of carbonyl (C=O) groups excluding carboxylic acids is 2. The number of rotatable bonds is 6. The molecule has 0 atom stereocenters. The summed E-state index contributed by atoms with van der Waals surface area (Å²) in [7, 11) is 3.08. The fourth-order valence-electron chi connectivity index (χ4n) is 3.22. The Labute approximate surface area is 155 Å². The van der Waals surface area contributed by atoms with Gasteiger partial charge >= 0.3 is 6.03 Å². The number of benzene rings is 1. The molecular weight excluding hydrogens is 334 g/mol. The number of urea groups is 1. The first-order valence-electron chi connectivity index (χ1n) is 9.11. The summed E-state index contributed by atoms with van der Waals surface area (Å²) >= 11 is 0. The van der Waals surface area contributed by atoms with Gasteiger partial charge in [0, 0.05) is 32.2 Å². The number of carbonyl (C=O) groups is 2. The topological polar surface area (TPSA) is 71.1 Å². The van der Waals surface area contributed by atoms with Crippen molar-refractivity contribution in [3.63, 3.8) is 0 Å². The second-order valence-corrected chi connectivity index (χ2v) is 6.23. The largest absolute Gasteiger partial charge is 0.496 e. The highest BCUT2D eigenvalue weighted by atomic mass is 16.5. The van der Waals surface area contributed by atoms with Gasteiger partial charge in [0.1, 0.15) is 17.1 Å². The van der Waals surface area contributed by atoms with Crippen molar-refractivity contribution in [1.82, 2.24) is 15.1 Å². The van der Waals surface area contributed by atoms with Crippen molar-refractivity contribution in [1.29, 1.82) is 0 Å². The lowest BCUT2D eigenvalue weighted by atomic mass is 10.0. The Bertz CT molecular complexity index is 601. The normalized spacial score (nSPS) is 14.7. The van der Waals surface area contributed by atoms with Crippen molar-refractivity contribution in [3.8, 4) is 11.5 Å². The Morgan fingerprint density at radius 1 is 1.12 bits per heavy atom. The molecule has 0 aliphatic carbocycles. The van der Waals surface area contributed by atoms with Crippen LogP contribution in [-0.4, -0.2) is 68.2 Å². The number of hydrogen-bond donors (Lipinski definition) is 1. The minimum absolute atomic E-state index is 0.0359. The van der Waals surface area contributed by atoms with Gasteiger partial charge in [-0.25, -0.2) is 4.79 Å². The maximum absolute atomic E-state index is 13.0. The summed E-state index contributed by atoms with van der Waals surface area (Å²) in [5.74, 6) is 0.908. The monoisotopic (exact) mass is 363 g/mol. The highest BCUT2D eigenvalue weighted by Gasteiger charge is 2.28. The van der Waals surface area contributed by atoms with E-state index in [1.54, 1.807) is 42.2 Å². The molecule has 0 aromatic heterocycles. The van der Waals surface area contributed by atoms with Crippen molar-refractivity contribution in [3.05, 3.63) is 23.8 Å². The fourth-order valence-corrected chi connectivity index (χ4v) is 3.22. The minimum atomic E-state index is -0.104. The first kappa shape index (κ1) is 19.9. The molecule has 0 unspecified atom stereocenters. The fraction of sp³-hybridized carbons (Fsp3) is 0.579. The van der Waals surface area contributed by atoms with Crippen LogP contribution in [0, 0.1) is 0 Å². The molecule has 1 aromatic rings. The van der Waals surface area contributed by atoms with E-state index in [0.717, 1.165) is 12.8 Å².